The third kappa shape index (κ3) is 5.28. The molecule has 0 aliphatic carbocycles. The first-order valence-electron chi connectivity index (χ1n) is 9.93. The number of ether oxygens (including phenoxy) is 3. The molecule has 0 N–H and O–H groups in total. The second-order valence-electron chi connectivity index (χ2n) is 6.93. The lowest BCUT2D eigenvalue weighted by molar-refractivity contribution is 0.0953. The highest BCUT2D eigenvalue weighted by Gasteiger charge is 2.21. The van der Waals surface area contributed by atoms with Crippen LogP contribution in [0.5, 0.6) is 11.5 Å². The van der Waals surface area contributed by atoms with Crippen LogP contribution in [0, 0.1) is 0 Å². The van der Waals surface area contributed by atoms with Gasteiger partial charge in [0, 0.05) is 22.9 Å². The molecule has 0 spiro atoms. The zero-order valence-electron chi connectivity index (χ0n) is 16.8. The second-order valence-corrected chi connectivity index (χ2v) is 8.43. The number of hydrogen-bond acceptors (Lipinski definition) is 6. The molecular weight excluding hydrogens is 422 g/mol. The number of aromatic nitrogens is 3. The van der Waals surface area contributed by atoms with Gasteiger partial charge in [0.25, 0.3) is 0 Å². The fourth-order valence-electron chi connectivity index (χ4n) is 3.35. The van der Waals surface area contributed by atoms with Crippen molar-refractivity contribution in [2.45, 2.75) is 30.6 Å². The molecule has 0 saturated carbocycles. The summed E-state index contributed by atoms with van der Waals surface area (Å²) in [6, 6.07) is 15.3. The predicted octanol–water partition coefficient (Wildman–Crippen LogP) is 4.96. The van der Waals surface area contributed by atoms with Gasteiger partial charge in [-0.05, 0) is 55.3 Å². The van der Waals surface area contributed by atoms with Crippen molar-refractivity contribution in [1.82, 2.24) is 14.8 Å². The third-order valence-electron chi connectivity index (χ3n) is 4.85. The number of nitrogens with zero attached hydrogens (tertiary/aromatic N) is 3. The summed E-state index contributed by atoms with van der Waals surface area (Å²) in [5.74, 6) is 3.17. The summed E-state index contributed by atoms with van der Waals surface area (Å²) in [4.78, 5) is 0. The third-order valence-corrected chi connectivity index (χ3v) is 6.02. The summed E-state index contributed by atoms with van der Waals surface area (Å²) in [6.07, 6.45) is 2.35. The first-order valence-corrected chi connectivity index (χ1v) is 11.3. The quantitative estimate of drug-likeness (QED) is 0.343. The first-order chi connectivity index (χ1) is 14.7. The molecule has 1 fully saturated rings. The Bertz CT molecular complexity index is 959. The van der Waals surface area contributed by atoms with Gasteiger partial charge in [-0.3, -0.25) is 4.57 Å². The van der Waals surface area contributed by atoms with Gasteiger partial charge in [0.15, 0.2) is 11.0 Å². The number of methoxy groups -OCH3 is 1. The van der Waals surface area contributed by atoms with Gasteiger partial charge in [-0.15, -0.1) is 10.2 Å². The predicted molar refractivity (Wildman–Crippen MR) is 119 cm³/mol. The van der Waals surface area contributed by atoms with Crippen LogP contribution in [0.1, 0.15) is 12.8 Å². The summed E-state index contributed by atoms with van der Waals surface area (Å²) in [7, 11) is 1.66. The minimum absolute atomic E-state index is 0.194. The maximum Gasteiger partial charge on any atom is 0.191 e. The highest BCUT2D eigenvalue weighted by molar-refractivity contribution is 7.99. The fourth-order valence-corrected chi connectivity index (χ4v) is 4.30. The summed E-state index contributed by atoms with van der Waals surface area (Å²) in [5, 5.41) is 10.5. The van der Waals surface area contributed by atoms with Crippen molar-refractivity contribution in [3.63, 3.8) is 0 Å². The topological polar surface area (TPSA) is 58.4 Å². The van der Waals surface area contributed by atoms with Gasteiger partial charge in [-0.25, -0.2) is 0 Å². The van der Waals surface area contributed by atoms with E-state index < -0.39 is 0 Å². The lowest BCUT2D eigenvalue weighted by Crippen LogP contribution is -2.17. The van der Waals surface area contributed by atoms with Crippen LogP contribution < -0.4 is 9.47 Å². The molecule has 0 amide bonds. The summed E-state index contributed by atoms with van der Waals surface area (Å²) >= 11 is 7.64. The molecule has 2 heterocycles. The van der Waals surface area contributed by atoms with Crippen LogP contribution >= 0.6 is 23.4 Å². The van der Waals surface area contributed by atoms with E-state index in [4.69, 9.17) is 25.8 Å². The van der Waals surface area contributed by atoms with Crippen molar-refractivity contribution >= 4 is 23.4 Å². The van der Waals surface area contributed by atoms with Gasteiger partial charge in [0.2, 0.25) is 0 Å². The number of rotatable bonds is 9. The molecule has 6 nitrogen and oxygen atoms in total. The molecule has 1 aliphatic rings. The van der Waals surface area contributed by atoms with E-state index in [2.05, 4.69) is 14.8 Å². The standard InChI is InChI=1S/C22H24ClN3O3S/c1-27-18-9-7-16(8-10-18)21-24-25-22(26(21)15-20-6-3-11-28-20)30-13-12-29-19-5-2-4-17(23)14-19/h2,4-5,7-10,14,20H,3,6,11-13,15H2,1H3. The maximum atomic E-state index is 6.01. The average molecular weight is 446 g/mol. The van der Waals surface area contributed by atoms with Gasteiger partial charge in [-0.1, -0.05) is 29.4 Å². The molecule has 1 unspecified atom stereocenters. The van der Waals surface area contributed by atoms with Gasteiger partial charge >= 0.3 is 0 Å². The van der Waals surface area contributed by atoms with Crippen molar-refractivity contribution in [2.75, 3.05) is 26.1 Å². The van der Waals surface area contributed by atoms with E-state index in [9.17, 15) is 0 Å². The van der Waals surface area contributed by atoms with Gasteiger partial charge in [-0.2, -0.15) is 0 Å². The van der Waals surface area contributed by atoms with Crippen molar-refractivity contribution in [1.29, 1.82) is 0 Å². The molecule has 8 heteroatoms. The Morgan fingerprint density at radius 3 is 2.77 bits per heavy atom. The average Bonchev–Trinajstić information content (AvgIpc) is 3.42. The van der Waals surface area contributed by atoms with Gasteiger partial charge in [0.05, 0.1) is 26.4 Å². The van der Waals surface area contributed by atoms with Crippen LogP contribution in [0.3, 0.4) is 0 Å². The van der Waals surface area contributed by atoms with E-state index >= 15 is 0 Å². The van der Waals surface area contributed by atoms with Crippen LogP contribution in [0.25, 0.3) is 11.4 Å². The Morgan fingerprint density at radius 1 is 1.17 bits per heavy atom. The minimum atomic E-state index is 0.194. The van der Waals surface area contributed by atoms with Gasteiger partial charge < -0.3 is 14.2 Å². The molecule has 0 bridgehead atoms. The zero-order valence-corrected chi connectivity index (χ0v) is 18.4. The molecule has 2 aromatic carbocycles. The SMILES string of the molecule is COc1ccc(-c2nnc(SCCOc3cccc(Cl)c3)n2CC2CCCO2)cc1. The van der Waals surface area contributed by atoms with Crippen LogP contribution in [-0.2, 0) is 11.3 Å². The second kappa shape index (κ2) is 10.2. The lowest BCUT2D eigenvalue weighted by Gasteiger charge is -2.15. The Kier molecular flexibility index (Phi) is 7.15. The normalized spacial score (nSPS) is 16.0. The lowest BCUT2D eigenvalue weighted by atomic mass is 10.2. The number of benzene rings is 2. The van der Waals surface area contributed by atoms with Crippen LogP contribution in [0.2, 0.25) is 5.02 Å². The zero-order chi connectivity index (χ0) is 20.8. The Morgan fingerprint density at radius 2 is 2.03 bits per heavy atom. The minimum Gasteiger partial charge on any atom is -0.497 e. The largest absolute Gasteiger partial charge is 0.497 e. The van der Waals surface area contributed by atoms with E-state index in [1.54, 1.807) is 18.9 Å². The van der Waals surface area contributed by atoms with Crippen LogP contribution in [0.15, 0.2) is 53.7 Å². The van der Waals surface area contributed by atoms with Crippen molar-refractivity contribution in [2.24, 2.45) is 0 Å². The molecule has 30 heavy (non-hydrogen) atoms. The molecule has 1 aliphatic heterocycles. The van der Waals surface area contributed by atoms with Crippen LogP contribution in [0.4, 0.5) is 0 Å². The molecule has 1 atom stereocenters. The number of thioether (sulfide) groups is 1. The monoisotopic (exact) mass is 445 g/mol. The number of halogens is 1. The van der Waals surface area contributed by atoms with E-state index in [-0.39, 0.29) is 6.10 Å². The van der Waals surface area contributed by atoms with E-state index in [1.165, 1.54) is 0 Å². The van der Waals surface area contributed by atoms with E-state index in [1.807, 2.05) is 48.5 Å². The van der Waals surface area contributed by atoms with Gasteiger partial charge in [0.1, 0.15) is 11.5 Å². The van der Waals surface area contributed by atoms with E-state index in [0.717, 1.165) is 59.8 Å². The van der Waals surface area contributed by atoms with Crippen molar-refractivity contribution in [3.05, 3.63) is 53.6 Å². The van der Waals surface area contributed by atoms with Crippen molar-refractivity contribution in [3.8, 4) is 22.9 Å². The Labute approximate surface area is 185 Å². The highest BCUT2D eigenvalue weighted by atomic mass is 35.5. The summed E-state index contributed by atoms with van der Waals surface area (Å²) < 4.78 is 19.1. The highest BCUT2D eigenvalue weighted by Crippen LogP contribution is 2.28. The molecule has 1 aromatic heterocycles. The maximum absolute atomic E-state index is 6.01. The molecule has 3 aromatic rings. The Balaban J connectivity index is 1.46. The number of hydrogen-bond donors (Lipinski definition) is 0. The molecule has 0 radical (unpaired) electrons. The Hall–Kier alpha value is -2.22. The summed E-state index contributed by atoms with van der Waals surface area (Å²) in [5.41, 5.74) is 1.00. The fraction of sp³-hybridized carbons (Fsp3) is 0.364. The van der Waals surface area contributed by atoms with Crippen molar-refractivity contribution < 1.29 is 14.2 Å². The smallest absolute Gasteiger partial charge is 0.191 e. The summed E-state index contributed by atoms with van der Waals surface area (Å²) in [6.45, 7) is 2.11. The molecular formula is C22H24ClN3O3S. The molecule has 158 valence electrons. The molecule has 4 rings (SSSR count). The molecule has 1 saturated heterocycles. The first kappa shape index (κ1) is 21.0. The van der Waals surface area contributed by atoms with E-state index in [0.29, 0.717) is 11.6 Å². The van der Waals surface area contributed by atoms with Crippen LogP contribution in [-0.4, -0.2) is 46.9 Å².